The number of hydrogen-bond acceptors (Lipinski definition) is 2. The van der Waals surface area contributed by atoms with Crippen LogP contribution in [0.4, 0.5) is 17.6 Å². The Morgan fingerprint density at radius 3 is 2.04 bits per heavy atom. The van der Waals surface area contributed by atoms with E-state index in [1.165, 1.54) is 24.3 Å². The average molecular weight is 376 g/mol. The highest BCUT2D eigenvalue weighted by atomic mass is 19.1. The van der Waals surface area contributed by atoms with Gasteiger partial charge in [0.15, 0.2) is 0 Å². The fraction of sp³-hybridized carbons (Fsp3) is 0.238. The number of halogens is 4. The van der Waals surface area contributed by atoms with E-state index in [9.17, 15) is 17.6 Å². The van der Waals surface area contributed by atoms with Crippen molar-refractivity contribution in [3.05, 3.63) is 94.2 Å². The van der Waals surface area contributed by atoms with Crippen molar-refractivity contribution in [1.29, 1.82) is 0 Å². The van der Waals surface area contributed by atoms with Crippen molar-refractivity contribution in [2.75, 3.05) is 0 Å². The summed E-state index contributed by atoms with van der Waals surface area (Å²) in [5.41, 5.74) is 13.2. The number of rotatable bonds is 4. The van der Waals surface area contributed by atoms with Crippen LogP contribution in [0.25, 0.3) is 0 Å². The third-order valence-electron chi connectivity index (χ3n) is 5.21. The molecule has 2 nitrogen and oxygen atoms in total. The monoisotopic (exact) mass is 376 g/mol. The first-order valence-electron chi connectivity index (χ1n) is 8.51. The maximum Gasteiger partial charge on any atom is 0.129 e. The Kier molecular flexibility index (Phi) is 5.11. The van der Waals surface area contributed by atoms with Gasteiger partial charge in [0.2, 0.25) is 0 Å². The molecule has 0 saturated heterocycles. The largest absolute Gasteiger partial charge is 0.399 e. The van der Waals surface area contributed by atoms with Gasteiger partial charge in [0.1, 0.15) is 23.3 Å². The molecule has 0 bridgehead atoms. The Labute approximate surface area is 155 Å². The fourth-order valence-electron chi connectivity index (χ4n) is 3.50. The molecule has 0 saturated carbocycles. The van der Waals surface area contributed by atoms with Crippen LogP contribution in [-0.2, 0) is 12.8 Å². The molecule has 0 amide bonds. The standard InChI is InChI=1S/C21H20F4N2/c1-21(11-13-3-5-15(23)10-18(13)25)16(19(26)6-7-20(21)27)8-12-2-4-14(22)9-17(12)24/h2-7,9-10,20H,8,11,26-27H2,1H3. The number of nitrogens with two attached hydrogens (primary N) is 2. The molecule has 142 valence electrons. The van der Waals surface area contributed by atoms with Crippen LogP contribution in [0.15, 0.2) is 59.8 Å². The van der Waals surface area contributed by atoms with Gasteiger partial charge < -0.3 is 11.5 Å². The maximum absolute atomic E-state index is 14.2. The van der Waals surface area contributed by atoms with Crippen LogP contribution in [0.1, 0.15) is 18.1 Å². The summed E-state index contributed by atoms with van der Waals surface area (Å²) in [6.45, 7) is 1.81. The van der Waals surface area contributed by atoms with Gasteiger partial charge in [0.25, 0.3) is 0 Å². The van der Waals surface area contributed by atoms with E-state index < -0.39 is 34.7 Å². The SMILES string of the molecule is CC1(Cc2ccc(F)cc2F)C(Cc2ccc(F)cc2F)=C(N)C=CC1N. The summed E-state index contributed by atoms with van der Waals surface area (Å²) >= 11 is 0. The molecule has 1 aliphatic carbocycles. The van der Waals surface area contributed by atoms with E-state index in [0.717, 1.165) is 12.1 Å². The minimum atomic E-state index is -0.821. The lowest BCUT2D eigenvalue weighted by Crippen LogP contribution is -2.45. The second-order valence-corrected chi connectivity index (χ2v) is 7.06. The van der Waals surface area contributed by atoms with E-state index in [-0.39, 0.29) is 24.0 Å². The molecule has 0 radical (unpaired) electrons. The smallest absolute Gasteiger partial charge is 0.129 e. The summed E-state index contributed by atoms with van der Waals surface area (Å²) in [6, 6.07) is 6.19. The molecule has 0 heterocycles. The summed E-state index contributed by atoms with van der Waals surface area (Å²) in [7, 11) is 0. The molecule has 3 rings (SSSR count). The highest BCUT2D eigenvalue weighted by Crippen LogP contribution is 2.41. The van der Waals surface area contributed by atoms with Crippen molar-refractivity contribution >= 4 is 0 Å². The first-order valence-corrected chi connectivity index (χ1v) is 8.51. The predicted octanol–water partition coefficient (Wildman–Crippen LogP) is 4.14. The molecule has 4 N–H and O–H groups in total. The second-order valence-electron chi connectivity index (χ2n) is 7.06. The summed E-state index contributed by atoms with van der Waals surface area (Å²) in [4.78, 5) is 0. The number of benzene rings is 2. The number of hydrogen-bond donors (Lipinski definition) is 2. The lowest BCUT2D eigenvalue weighted by molar-refractivity contribution is 0.330. The van der Waals surface area contributed by atoms with E-state index in [1.807, 2.05) is 6.92 Å². The molecule has 0 aliphatic heterocycles. The first-order chi connectivity index (χ1) is 12.7. The second kappa shape index (κ2) is 7.19. The van der Waals surface area contributed by atoms with Gasteiger partial charge in [0.05, 0.1) is 0 Å². The van der Waals surface area contributed by atoms with Crippen LogP contribution in [0.2, 0.25) is 0 Å². The zero-order valence-corrected chi connectivity index (χ0v) is 14.8. The van der Waals surface area contributed by atoms with Crippen LogP contribution in [-0.4, -0.2) is 6.04 Å². The van der Waals surface area contributed by atoms with Crippen LogP contribution < -0.4 is 11.5 Å². The van der Waals surface area contributed by atoms with E-state index >= 15 is 0 Å². The molecular formula is C21H20F4N2. The fourth-order valence-corrected chi connectivity index (χ4v) is 3.50. The molecule has 0 aromatic heterocycles. The zero-order chi connectivity index (χ0) is 19.8. The van der Waals surface area contributed by atoms with Crippen molar-refractivity contribution in [3.8, 4) is 0 Å². The quantitative estimate of drug-likeness (QED) is 0.788. The zero-order valence-electron chi connectivity index (χ0n) is 14.8. The molecule has 27 heavy (non-hydrogen) atoms. The maximum atomic E-state index is 14.2. The van der Waals surface area contributed by atoms with E-state index in [4.69, 9.17) is 11.5 Å². The Hall–Kier alpha value is -2.60. The van der Waals surface area contributed by atoms with Gasteiger partial charge in [-0.15, -0.1) is 0 Å². The summed E-state index contributed by atoms with van der Waals surface area (Å²) < 4.78 is 54.8. The van der Waals surface area contributed by atoms with Crippen LogP contribution in [0.3, 0.4) is 0 Å². The molecular weight excluding hydrogens is 356 g/mol. The Morgan fingerprint density at radius 1 is 0.926 bits per heavy atom. The Morgan fingerprint density at radius 2 is 1.48 bits per heavy atom. The molecule has 0 fully saturated rings. The van der Waals surface area contributed by atoms with Gasteiger partial charge in [0, 0.05) is 29.3 Å². The lowest BCUT2D eigenvalue weighted by Gasteiger charge is -2.40. The lowest BCUT2D eigenvalue weighted by atomic mass is 9.67. The van der Waals surface area contributed by atoms with E-state index in [2.05, 4.69) is 0 Å². The number of allylic oxidation sites excluding steroid dienone is 1. The summed E-state index contributed by atoms with van der Waals surface area (Å²) in [6.07, 6.45) is 3.62. The van der Waals surface area contributed by atoms with Crippen molar-refractivity contribution in [1.82, 2.24) is 0 Å². The highest BCUT2D eigenvalue weighted by Gasteiger charge is 2.38. The van der Waals surface area contributed by atoms with Crippen molar-refractivity contribution in [2.45, 2.75) is 25.8 Å². The van der Waals surface area contributed by atoms with Gasteiger partial charge in [-0.2, -0.15) is 0 Å². The predicted molar refractivity (Wildman–Crippen MR) is 96.6 cm³/mol. The third kappa shape index (κ3) is 3.76. The van der Waals surface area contributed by atoms with Gasteiger partial charge in [-0.1, -0.05) is 25.1 Å². The van der Waals surface area contributed by atoms with E-state index in [1.54, 1.807) is 12.2 Å². The Balaban J connectivity index is 2.01. The van der Waals surface area contributed by atoms with Crippen LogP contribution in [0.5, 0.6) is 0 Å². The van der Waals surface area contributed by atoms with E-state index in [0.29, 0.717) is 11.3 Å². The van der Waals surface area contributed by atoms with Crippen LogP contribution >= 0.6 is 0 Å². The molecule has 1 aliphatic rings. The first kappa shape index (κ1) is 19.2. The summed E-state index contributed by atoms with van der Waals surface area (Å²) in [5.74, 6) is -2.70. The molecule has 2 unspecified atom stereocenters. The molecule has 2 aromatic carbocycles. The molecule has 2 aromatic rings. The Bertz CT molecular complexity index is 936. The third-order valence-corrected chi connectivity index (χ3v) is 5.21. The van der Waals surface area contributed by atoms with Crippen molar-refractivity contribution in [2.24, 2.45) is 16.9 Å². The minimum absolute atomic E-state index is 0.106. The van der Waals surface area contributed by atoms with Gasteiger partial charge in [-0.05, 0) is 47.8 Å². The van der Waals surface area contributed by atoms with Gasteiger partial charge in [-0.3, -0.25) is 0 Å². The minimum Gasteiger partial charge on any atom is -0.399 e. The van der Waals surface area contributed by atoms with Crippen LogP contribution in [0, 0.1) is 28.7 Å². The highest BCUT2D eigenvalue weighted by molar-refractivity contribution is 5.41. The topological polar surface area (TPSA) is 52.0 Å². The molecule has 0 spiro atoms. The average Bonchev–Trinajstić information content (AvgIpc) is 2.60. The molecule has 2 atom stereocenters. The van der Waals surface area contributed by atoms with Crippen molar-refractivity contribution < 1.29 is 17.6 Å². The van der Waals surface area contributed by atoms with Gasteiger partial charge in [-0.25, -0.2) is 17.6 Å². The van der Waals surface area contributed by atoms with Gasteiger partial charge >= 0.3 is 0 Å². The molecule has 6 heteroatoms. The normalized spacial score (nSPS) is 22.4. The van der Waals surface area contributed by atoms with Crippen molar-refractivity contribution in [3.63, 3.8) is 0 Å². The summed E-state index contributed by atoms with van der Waals surface area (Å²) in [5, 5.41) is 0.